The van der Waals surface area contributed by atoms with Gasteiger partial charge in [0.05, 0.1) is 0 Å². The van der Waals surface area contributed by atoms with E-state index in [1.54, 1.807) is 12.4 Å². The third-order valence-corrected chi connectivity index (χ3v) is 0.678. The van der Waals surface area contributed by atoms with Crippen LogP contribution in [0.5, 0.6) is 0 Å². The molecule has 0 saturated heterocycles. The molecular weight excluding hydrogens is 106 g/mol. The molecule has 0 radical (unpaired) electrons. The molecule has 0 spiro atoms. The van der Waals surface area contributed by atoms with Crippen LogP contribution in [0.1, 0.15) is 0 Å². The summed E-state index contributed by atoms with van der Waals surface area (Å²) in [5.74, 6) is 5.22. The Hall–Kier alpha value is -1.00. The standard InChI is InChI=1S/C4H7N3.H2O/c5-7-4-2-1-3-6-7;/h1-4,6H,5H2;1H2. The topological polar surface area (TPSA) is 72.8 Å². The molecule has 4 nitrogen and oxygen atoms in total. The summed E-state index contributed by atoms with van der Waals surface area (Å²) in [5.41, 5.74) is 2.73. The minimum atomic E-state index is 0. The Kier molecular flexibility index (Phi) is 2.68. The summed E-state index contributed by atoms with van der Waals surface area (Å²) in [4.78, 5) is 0. The van der Waals surface area contributed by atoms with Crippen LogP contribution in [0, 0.1) is 0 Å². The van der Waals surface area contributed by atoms with E-state index in [0.29, 0.717) is 0 Å². The number of nitrogens with zero attached hydrogens (tertiary/aromatic N) is 1. The molecule has 0 saturated carbocycles. The van der Waals surface area contributed by atoms with Gasteiger partial charge in [-0.1, -0.05) is 0 Å². The maximum atomic E-state index is 5.22. The van der Waals surface area contributed by atoms with E-state index in [-0.39, 0.29) is 5.48 Å². The van der Waals surface area contributed by atoms with Crippen LogP contribution in [0.3, 0.4) is 0 Å². The fraction of sp³-hybridized carbons (Fsp3) is 0. The van der Waals surface area contributed by atoms with Gasteiger partial charge in [0.25, 0.3) is 0 Å². The first-order valence-corrected chi connectivity index (χ1v) is 2.03. The molecule has 8 heavy (non-hydrogen) atoms. The average Bonchev–Trinajstić information content (AvgIpc) is 1.69. The van der Waals surface area contributed by atoms with Crippen LogP contribution in [0.2, 0.25) is 0 Å². The zero-order valence-electron chi connectivity index (χ0n) is 4.33. The van der Waals surface area contributed by atoms with Crippen molar-refractivity contribution in [2.75, 3.05) is 0 Å². The van der Waals surface area contributed by atoms with E-state index in [1.807, 2.05) is 12.2 Å². The molecule has 0 amide bonds. The van der Waals surface area contributed by atoms with Crippen molar-refractivity contribution in [2.24, 2.45) is 5.84 Å². The Balaban J connectivity index is 0.000000490. The molecule has 0 aliphatic carbocycles. The van der Waals surface area contributed by atoms with Crippen LogP contribution in [-0.2, 0) is 0 Å². The van der Waals surface area contributed by atoms with Crippen molar-refractivity contribution in [3.05, 3.63) is 24.6 Å². The van der Waals surface area contributed by atoms with Crippen molar-refractivity contribution in [1.29, 1.82) is 0 Å². The van der Waals surface area contributed by atoms with Gasteiger partial charge >= 0.3 is 0 Å². The van der Waals surface area contributed by atoms with Gasteiger partial charge < -0.3 is 5.48 Å². The van der Waals surface area contributed by atoms with E-state index in [1.165, 1.54) is 5.12 Å². The van der Waals surface area contributed by atoms with Crippen LogP contribution in [0.15, 0.2) is 24.6 Å². The Morgan fingerprint density at radius 3 is 2.38 bits per heavy atom. The lowest BCUT2D eigenvalue weighted by molar-refractivity contribution is 0.325. The first-order chi connectivity index (χ1) is 3.39. The second-order valence-electron chi connectivity index (χ2n) is 1.24. The van der Waals surface area contributed by atoms with Gasteiger partial charge in [0.15, 0.2) is 0 Å². The van der Waals surface area contributed by atoms with Gasteiger partial charge in [-0.2, -0.15) is 0 Å². The Bertz CT molecular complexity index is 110. The van der Waals surface area contributed by atoms with Crippen molar-refractivity contribution in [3.8, 4) is 0 Å². The smallest absolute Gasteiger partial charge is 0.0393 e. The molecule has 5 N–H and O–H groups in total. The summed E-state index contributed by atoms with van der Waals surface area (Å²) in [5, 5.41) is 1.38. The first kappa shape index (κ1) is 7.00. The van der Waals surface area contributed by atoms with Gasteiger partial charge in [-0.05, 0) is 12.2 Å². The molecule has 1 aliphatic heterocycles. The Labute approximate surface area is 47.5 Å². The van der Waals surface area contributed by atoms with Gasteiger partial charge in [-0.3, -0.25) is 5.43 Å². The van der Waals surface area contributed by atoms with Crippen molar-refractivity contribution in [1.82, 2.24) is 10.5 Å². The van der Waals surface area contributed by atoms with Crippen molar-refractivity contribution < 1.29 is 5.48 Å². The van der Waals surface area contributed by atoms with Gasteiger partial charge in [0, 0.05) is 12.4 Å². The summed E-state index contributed by atoms with van der Waals surface area (Å²) in [6.45, 7) is 0. The maximum absolute atomic E-state index is 5.22. The lowest BCUT2D eigenvalue weighted by atomic mass is 10.5. The lowest BCUT2D eigenvalue weighted by Gasteiger charge is -2.13. The summed E-state index contributed by atoms with van der Waals surface area (Å²) < 4.78 is 0. The normalized spacial score (nSPS) is 14.9. The predicted molar refractivity (Wildman–Crippen MR) is 31.1 cm³/mol. The summed E-state index contributed by atoms with van der Waals surface area (Å²) in [6, 6.07) is 0. The highest BCUT2D eigenvalue weighted by molar-refractivity contribution is 5.03. The molecule has 0 unspecified atom stereocenters. The molecule has 0 aromatic rings. The Morgan fingerprint density at radius 1 is 1.38 bits per heavy atom. The zero-order chi connectivity index (χ0) is 5.11. The molecule has 0 aromatic heterocycles. The van der Waals surface area contributed by atoms with Crippen LogP contribution in [-0.4, -0.2) is 10.6 Å². The van der Waals surface area contributed by atoms with Gasteiger partial charge in [-0.15, -0.1) is 0 Å². The van der Waals surface area contributed by atoms with E-state index < -0.39 is 0 Å². The molecule has 0 aromatic carbocycles. The van der Waals surface area contributed by atoms with Gasteiger partial charge in [0.2, 0.25) is 0 Å². The number of nitrogens with two attached hydrogens (primary N) is 1. The third kappa shape index (κ3) is 1.63. The number of nitrogens with one attached hydrogen (secondary N) is 1. The van der Waals surface area contributed by atoms with Crippen LogP contribution < -0.4 is 11.3 Å². The highest BCUT2D eigenvalue weighted by Crippen LogP contribution is 1.82. The molecule has 1 heterocycles. The van der Waals surface area contributed by atoms with Crippen LogP contribution in [0.25, 0.3) is 0 Å². The fourth-order valence-electron chi connectivity index (χ4n) is 0.370. The molecule has 0 bridgehead atoms. The fourth-order valence-corrected chi connectivity index (χ4v) is 0.370. The number of allylic oxidation sites excluding steroid dienone is 2. The molecule has 46 valence electrons. The summed E-state index contributed by atoms with van der Waals surface area (Å²) in [6.07, 6.45) is 7.18. The van der Waals surface area contributed by atoms with Crippen LogP contribution in [0.4, 0.5) is 0 Å². The SMILES string of the molecule is NN1C=CC=CN1.O. The highest BCUT2D eigenvalue weighted by atomic mass is 16.0. The van der Waals surface area contributed by atoms with Crippen molar-refractivity contribution in [2.45, 2.75) is 0 Å². The summed E-state index contributed by atoms with van der Waals surface area (Å²) >= 11 is 0. The quantitative estimate of drug-likeness (QED) is 0.393. The average molecular weight is 115 g/mol. The Morgan fingerprint density at radius 2 is 2.12 bits per heavy atom. The third-order valence-electron chi connectivity index (χ3n) is 0.678. The molecule has 1 rings (SSSR count). The predicted octanol–water partition coefficient (Wildman–Crippen LogP) is -1.12. The van der Waals surface area contributed by atoms with Crippen LogP contribution >= 0.6 is 0 Å². The largest absolute Gasteiger partial charge is 0.412 e. The molecule has 0 atom stereocenters. The summed E-state index contributed by atoms with van der Waals surface area (Å²) in [7, 11) is 0. The molecule has 1 aliphatic rings. The van der Waals surface area contributed by atoms with E-state index in [9.17, 15) is 0 Å². The van der Waals surface area contributed by atoms with Crippen molar-refractivity contribution in [3.63, 3.8) is 0 Å². The monoisotopic (exact) mass is 115 g/mol. The minimum Gasteiger partial charge on any atom is -0.412 e. The van der Waals surface area contributed by atoms with E-state index >= 15 is 0 Å². The molecular formula is C4H9N3O. The van der Waals surface area contributed by atoms with E-state index in [4.69, 9.17) is 5.84 Å². The highest BCUT2D eigenvalue weighted by Gasteiger charge is 1.83. The second-order valence-corrected chi connectivity index (χ2v) is 1.24. The lowest BCUT2D eigenvalue weighted by Crippen LogP contribution is -2.36. The zero-order valence-corrected chi connectivity index (χ0v) is 4.33. The number of hydrazine groups is 2. The molecule has 0 fully saturated rings. The molecule has 4 heteroatoms. The minimum absolute atomic E-state index is 0. The van der Waals surface area contributed by atoms with Crippen molar-refractivity contribution >= 4 is 0 Å². The van der Waals surface area contributed by atoms with Gasteiger partial charge in [-0.25, -0.2) is 11.0 Å². The van der Waals surface area contributed by atoms with E-state index in [2.05, 4.69) is 5.43 Å². The number of rotatable bonds is 0. The van der Waals surface area contributed by atoms with Gasteiger partial charge in [0.1, 0.15) is 0 Å². The number of hydrogen-bond donors (Lipinski definition) is 2. The van der Waals surface area contributed by atoms with E-state index in [0.717, 1.165) is 0 Å². The second kappa shape index (κ2) is 3.06. The first-order valence-electron chi connectivity index (χ1n) is 2.03. The number of hydrogen-bond acceptors (Lipinski definition) is 3. The maximum Gasteiger partial charge on any atom is 0.0393 e.